The van der Waals surface area contributed by atoms with Crippen LogP contribution in [0.4, 0.5) is 10.1 Å². The number of nitro benzene ring substituents is 1. The van der Waals surface area contributed by atoms with Crippen molar-refractivity contribution in [3.05, 3.63) is 112 Å². The number of non-ortho nitro benzene ring substituents is 1. The Bertz CT molecular complexity index is 1510. The van der Waals surface area contributed by atoms with Crippen molar-refractivity contribution in [2.45, 2.75) is 25.8 Å². The maximum Gasteiger partial charge on any atom is 0.270 e. The van der Waals surface area contributed by atoms with Crippen LogP contribution >= 0.6 is 0 Å². The number of nitro groups is 1. The van der Waals surface area contributed by atoms with E-state index in [9.17, 15) is 24.1 Å². The van der Waals surface area contributed by atoms with Crippen LogP contribution in [0.3, 0.4) is 0 Å². The summed E-state index contributed by atoms with van der Waals surface area (Å²) in [5, 5.41) is 12.3. The summed E-state index contributed by atoms with van der Waals surface area (Å²) >= 11 is 0. The molecule has 0 saturated carbocycles. The van der Waals surface area contributed by atoms with Gasteiger partial charge in [-0.1, -0.05) is 42.5 Å². The summed E-state index contributed by atoms with van der Waals surface area (Å²) < 4.78 is 15.9. The lowest BCUT2D eigenvalue weighted by Crippen LogP contribution is -2.50. The van der Waals surface area contributed by atoms with Crippen molar-refractivity contribution >= 4 is 28.4 Å². The second-order valence-electron chi connectivity index (χ2n) is 9.85. The highest BCUT2D eigenvalue weighted by molar-refractivity contribution is 5.88. The number of hydrogen-bond acceptors (Lipinski definition) is 4. The first-order valence-electron chi connectivity index (χ1n) is 12.9. The fourth-order valence-electron chi connectivity index (χ4n) is 5.29. The molecule has 2 heterocycles. The zero-order chi connectivity index (χ0) is 27.5. The molecule has 0 N–H and O–H groups in total. The minimum Gasteiger partial charge on any atom is -0.343 e. The molecule has 200 valence electrons. The number of rotatable bonds is 7. The molecular formula is C30H29FN4O4. The van der Waals surface area contributed by atoms with E-state index in [0.717, 1.165) is 22.2 Å². The molecule has 1 fully saturated rings. The monoisotopic (exact) mass is 528 g/mol. The van der Waals surface area contributed by atoms with E-state index in [2.05, 4.69) is 0 Å². The number of carbonyl (C=O) groups is 2. The molecule has 1 aliphatic heterocycles. The quantitative estimate of drug-likeness (QED) is 0.251. The number of halogens is 1. The Balaban J connectivity index is 1.56. The Kier molecular flexibility index (Phi) is 7.40. The third-order valence-electron chi connectivity index (χ3n) is 7.41. The summed E-state index contributed by atoms with van der Waals surface area (Å²) in [7, 11) is 0. The van der Waals surface area contributed by atoms with Gasteiger partial charge in [0.25, 0.3) is 5.69 Å². The van der Waals surface area contributed by atoms with E-state index in [0.29, 0.717) is 38.1 Å². The summed E-state index contributed by atoms with van der Waals surface area (Å²) in [5.41, 5.74) is 3.36. The molecular weight excluding hydrogens is 499 g/mol. The number of hydrogen-bond donors (Lipinski definition) is 0. The Morgan fingerprint density at radius 2 is 1.62 bits per heavy atom. The Hall–Kier alpha value is -4.53. The normalized spacial score (nSPS) is 14.4. The largest absolute Gasteiger partial charge is 0.343 e. The first-order chi connectivity index (χ1) is 18.8. The van der Waals surface area contributed by atoms with Crippen molar-refractivity contribution in [3.8, 4) is 0 Å². The van der Waals surface area contributed by atoms with Crippen LogP contribution in [0.15, 0.2) is 79.0 Å². The predicted molar refractivity (Wildman–Crippen MR) is 146 cm³/mol. The summed E-state index contributed by atoms with van der Waals surface area (Å²) in [6.07, 6.45) is 2.06. The number of benzene rings is 3. The highest BCUT2D eigenvalue weighted by atomic mass is 19.1. The smallest absolute Gasteiger partial charge is 0.270 e. The fraction of sp³-hybridized carbons (Fsp3) is 0.267. The molecule has 0 unspecified atom stereocenters. The topological polar surface area (TPSA) is 88.7 Å². The predicted octanol–water partition coefficient (Wildman–Crippen LogP) is 4.95. The van der Waals surface area contributed by atoms with Gasteiger partial charge in [-0.25, -0.2) is 4.39 Å². The zero-order valence-electron chi connectivity index (χ0n) is 21.6. The van der Waals surface area contributed by atoms with Crippen molar-refractivity contribution in [3.63, 3.8) is 0 Å². The molecule has 4 aromatic rings. The van der Waals surface area contributed by atoms with Gasteiger partial charge in [-0.05, 0) is 34.9 Å². The molecule has 9 heteroatoms. The highest BCUT2D eigenvalue weighted by Gasteiger charge is 2.28. The molecule has 5 rings (SSSR count). The third-order valence-corrected chi connectivity index (χ3v) is 7.41. The molecule has 3 aromatic carbocycles. The average molecular weight is 529 g/mol. The lowest BCUT2D eigenvalue weighted by Gasteiger charge is -2.35. The molecule has 0 spiro atoms. The summed E-state index contributed by atoms with van der Waals surface area (Å²) in [5.74, 6) is -0.933. The summed E-state index contributed by atoms with van der Waals surface area (Å²) in [6, 6.07) is 20.7. The average Bonchev–Trinajstić information content (AvgIpc) is 3.30. The standard InChI is InChI=1S/C30H29FN4O4/c1-21(36)32-13-15-33(16-14-32)30(37)18-26(23-7-9-24(31)10-8-23)28-20-34(19-22-5-3-2-4-6-22)29-12-11-25(35(38)39)17-27(28)29/h2-12,17,20,26H,13-16,18-19H2,1H3/t26-/m0/s1. The second kappa shape index (κ2) is 11.1. The maximum absolute atomic E-state index is 13.9. The van der Waals surface area contributed by atoms with Gasteiger partial charge in [0.1, 0.15) is 5.82 Å². The van der Waals surface area contributed by atoms with Crippen molar-refractivity contribution in [2.75, 3.05) is 26.2 Å². The van der Waals surface area contributed by atoms with E-state index < -0.39 is 10.8 Å². The SMILES string of the molecule is CC(=O)N1CCN(C(=O)C[C@@H](c2ccc(F)cc2)c2cn(Cc3ccccc3)c3ccc([N+](=O)[O-])cc23)CC1. The molecule has 39 heavy (non-hydrogen) atoms. The van der Waals surface area contributed by atoms with E-state index in [1.54, 1.807) is 34.1 Å². The van der Waals surface area contributed by atoms with Gasteiger partial charge in [0.15, 0.2) is 0 Å². The number of nitrogens with zero attached hydrogens (tertiary/aromatic N) is 4. The van der Waals surface area contributed by atoms with Crippen LogP contribution in [-0.2, 0) is 16.1 Å². The Labute approximate surface area is 225 Å². The van der Waals surface area contributed by atoms with Crippen molar-refractivity contribution in [1.82, 2.24) is 14.4 Å². The maximum atomic E-state index is 13.9. The van der Waals surface area contributed by atoms with Crippen LogP contribution in [0.2, 0.25) is 0 Å². The van der Waals surface area contributed by atoms with Gasteiger partial charge in [0, 0.05) is 81.2 Å². The van der Waals surface area contributed by atoms with Gasteiger partial charge in [0.05, 0.1) is 4.92 Å². The highest BCUT2D eigenvalue weighted by Crippen LogP contribution is 2.37. The number of carbonyl (C=O) groups excluding carboxylic acids is 2. The first kappa shape index (κ1) is 26.1. The molecule has 1 aromatic heterocycles. The molecule has 0 radical (unpaired) electrons. The van der Waals surface area contributed by atoms with E-state index in [1.807, 2.05) is 41.1 Å². The summed E-state index contributed by atoms with van der Waals surface area (Å²) in [4.78, 5) is 40.0. The van der Waals surface area contributed by atoms with Crippen LogP contribution in [0.25, 0.3) is 10.9 Å². The molecule has 1 saturated heterocycles. The summed E-state index contributed by atoms with van der Waals surface area (Å²) in [6.45, 7) is 3.90. The number of piperazine rings is 1. The molecule has 8 nitrogen and oxygen atoms in total. The molecule has 1 aliphatic rings. The lowest BCUT2D eigenvalue weighted by molar-refractivity contribution is -0.384. The fourth-order valence-corrected chi connectivity index (χ4v) is 5.29. The van der Waals surface area contributed by atoms with E-state index >= 15 is 0 Å². The molecule has 0 bridgehead atoms. The van der Waals surface area contributed by atoms with E-state index in [1.165, 1.54) is 25.1 Å². The third kappa shape index (κ3) is 5.67. The van der Waals surface area contributed by atoms with Crippen molar-refractivity contribution in [1.29, 1.82) is 0 Å². The first-order valence-corrected chi connectivity index (χ1v) is 12.9. The minimum absolute atomic E-state index is 0.0147. The van der Waals surface area contributed by atoms with Crippen molar-refractivity contribution < 1.29 is 18.9 Å². The Morgan fingerprint density at radius 1 is 0.949 bits per heavy atom. The van der Waals surface area contributed by atoms with Crippen LogP contribution in [-0.4, -0.2) is 57.3 Å². The molecule has 1 atom stereocenters. The number of aromatic nitrogens is 1. The van der Waals surface area contributed by atoms with E-state index in [-0.39, 0.29) is 29.7 Å². The van der Waals surface area contributed by atoms with Crippen LogP contribution in [0, 0.1) is 15.9 Å². The minimum atomic E-state index is -0.453. The van der Waals surface area contributed by atoms with Gasteiger partial charge >= 0.3 is 0 Å². The Morgan fingerprint density at radius 3 is 2.26 bits per heavy atom. The lowest BCUT2D eigenvalue weighted by atomic mass is 9.87. The van der Waals surface area contributed by atoms with Gasteiger partial charge in [-0.2, -0.15) is 0 Å². The van der Waals surface area contributed by atoms with Gasteiger partial charge in [-0.15, -0.1) is 0 Å². The number of fused-ring (bicyclic) bond motifs is 1. The van der Waals surface area contributed by atoms with E-state index in [4.69, 9.17) is 0 Å². The second-order valence-corrected chi connectivity index (χ2v) is 9.85. The molecule has 0 aliphatic carbocycles. The van der Waals surface area contributed by atoms with Gasteiger partial charge in [-0.3, -0.25) is 19.7 Å². The molecule has 2 amide bonds. The van der Waals surface area contributed by atoms with Crippen LogP contribution < -0.4 is 0 Å². The van der Waals surface area contributed by atoms with Crippen molar-refractivity contribution in [2.24, 2.45) is 0 Å². The zero-order valence-corrected chi connectivity index (χ0v) is 21.6. The van der Waals surface area contributed by atoms with Gasteiger partial charge in [0.2, 0.25) is 11.8 Å². The van der Waals surface area contributed by atoms with Crippen LogP contribution in [0.5, 0.6) is 0 Å². The van der Waals surface area contributed by atoms with Gasteiger partial charge < -0.3 is 14.4 Å². The number of amides is 2. The van der Waals surface area contributed by atoms with Crippen LogP contribution in [0.1, 0.15) is 36.0 Å².